The van der Waals surface area contributed by atoms with Gasteiger partial charge in [-0.05, 0) is 57.9 Å². The van der Waals surface area contributed by atoms with Crippen molar-refractivity contribution in [2.45, 2.75) is 106 Å². The molecule has 6 fully saturated rings. The minimum atomic E-state index is -4.47. The van der Waals surface area contributed by atoms with Crippen molar-refractivity contribution in [1.82, 2.24) is 0 Å². The normalized spacial score (nSPS) is 37.3. The van der Waals surface area contributed by atoms with E-state index in [0.717, 1.165) is 11.1 Å². The van der Waals surface area contributed by atoms with E-state index in [1.807, 2.05) is 0 Å². The van der Waals surface area contributed by atoms with Crippen LogP contribution in [0, 0.1) is 24.7 Å². The summed E-state index contributed by atoms with van der Waals surface area (Å²) in [4.78, 5) is 26.6. The Kier molecular flexibility index (Phi) is 7.08. The molecule has 248 valence electrons. The van der Waals surface area contributed by atoms with Gasteiger partial charge in [-0.25, -0.2) is 4.79 Å². The Labute approximate surface area is 266 Å². The third-order valence-electron chi connectivity index (χ3n) is 10.5. The number of hydrogen-bond acceptors (Lipinski definition) is 13. The second kappa shape index (κ2) is 10.3. The minimum Gasteiger partial charge on any atom is -0.454 e. The highest BCUT2D eigenvalue weighted by Crippen LogP contribution is 2.66. The number of ether oxygens (including phenoxy) is 5. The predicted molar refractivity (Wildman–Crippen MR) is 155 cm³/mol. The highest BCUT2D eigenvalue weighted by molar-refractivity contribution is 7.87. The molecule has 4 saturated heterocycles. The topological polar surface area (TPSA) is 167 Å². The van der Waals surface area contributed by atoms with Crippen molar-refractivity contribution in [3.05, 3.63) is 59.7 Å². The molecule has 46 heavy (non-hydrogen) atoms. The van der Waals surface area contributed by atoms with Crippen molar-refractivity contribution < 1.29 is 58.5 Å². The number of fused-ring (bicyclic) bond motifs is 2. The van der Waals surface area contributed by atoms with E-state index in [0.29, 0.717) is 6.42 Å². The largest absolute Gasteiger partial charge is 0.454 e. The van der Waals surface area contributed by atoms with Crippen molar-refractivity contribution in [2.24, 2.45) is 10.8 Å². The lowest BCUT2D eigenvalue weighted by Gasteiger charge is -2.57. The molecule has 8 rings (SSSR count). The molecule has 2 saturated carbocycles. The van der Waals surface area contributed by atoms with Crippen LogP contribution in [0.1, 0.15) is 44.7 Å². The van der Waals surface area contributed by atoms with Gasteiger partial charge in [0.05, 0.1) is 15.2 Å². The fourth-order valence-electron chi connectivity index (χ4n) is 7.16. The van der Waals surface area contributed by atoms with E-state index >= 15 is 0 Å². The first-order chi connectivity index (χ1) is 21.5. The lowest BCUT2D eigenvalue weighted by atomic mass is 9.66. The predicted octanol–water partition coefficient (Wildman–Crippen LogP) is 2.67. The highest BCUT2D eigenvalue weighted by atomic mass is 32.2. The Morgan fingerprint density at radius 2 is 1.15 bits per heavy atom. The summed E-state index contributed by atoms with van der Waals surface area (Å²) >= 11 is 0. The number of carbonyl (C=O) groups excluding carboxylic acids is 2. The Morgan fingerprint density at radius 3 is 1.54 bits per heavy atom. The molecule has 1 unspecified atom stereocenters. The molecule has 6 aliphatic rings. The molecule has 0 radical (unpaired) electrons. The maximum atomic E-state index is 14.1. The van der Waals surface area contributed by atoms with Crippen LogP contribution >= 0.6 is 0 Å². The lowest BCUT2D eigenvalue weighted by Crippen LogP contribution is -2.77. The lowest BCUT2D eigenvalue weighted by molar-refractivity contribution is -0.476. The molecule has 4 aliphatic heterocycles. The molecule has 13 nitrogen and oxygen atoms in total. The SMILES string of the molecule is Cc1ccc(S(=O)(=O)O[C@H]2[C@H]3O[C@H]4O[C@@H]2[C@H](OC(=O)C25CC[C@](C)(C(=O)O2)C5(C)C)[C@H](O4)[C@H]3OS(=O)(=O)c2ccc(C)cc2)cc1. The third-order valence-corrected chi connectivity index (χ3v) is 13.1. The van der Waals surface area contributed by atoms with E-state index < -0.39 is 91.7 Å². The van der Waals surface area contributed by atoms with Crippen LogP contribution in [0.25, 0.3) is 0 Å². The van der Waals surface area contributed by atoms with E-state index in [-0.39, 0.29) is 16.2 Å². The molecule has 9 atom stereocenters. The molecule has 0 aromatic heterocycles. The first-order valence-corrected chi connectivity index (χ1v) is 17.7. The first kappa shape index (κ1) is 31.7. The van der Waals surface area contributed by atoms with Gasteiger partial charge in [0.25, 0.3) is 26.7 Å². The molecule has 6 bridgehead atoms. The van der Waals surface area contributed by atoms with Crippen LogP contribution in [-0.4, -0.2) is 77.5 Å². The average molecular weight is 679 g/mol. The number of aryl methyl sites for hydroxylation is 2. The number of rotatable bonds is 8. The standard InChI is InChI=1S/C31H34O13S2/c1-16-6-10-18(11-7-16)45(34,35)43-24-21-20(38-27(33)31-15-14-30(5,26(32)42-31)29(31,3)4)22-25(23(24)41-28(39-21)40-22)44-46(36,37)19-12-8-17(2)9-13-19/h6-13,20-25,28H,14-15H2,1-5H3/t20-,21+,22-,23+,24-,25-,28-,30-,31?/m1/s1. The Hall–Kier alpha value is -2.92. The molecule has 4 heterocycles. The third kappa shape index (κ3) is 4.50. The fourth-order valence-corrected chi connectivity index (χ4v) is 9.34. The van der Waals surface area contributed by atoms with E-state index in [9.17, 15) is 26.4 Å². The quantitative estimate of drug-likeness (QED) is 0.296. The highest BCUT2D eigenvalue weighted by Gasteiger charge is 2.77. The fraction of sp³-hybridized carbons (Fsp3) is 0.548. The summed E-state index contributed by atoms with van der Waals surface area (Å²) < 4.78 is 94.5. The van der Waals surface area contributed by atoms with Crippen LogP contribution in [0.2, 0.25) is 0 Å². The number of carbonyl (C=O) groups is 2. The van der Waals surface area contributed by atoms with Gasteiger partial charge in [-0.3, -0.25) is 13.2 Å². The maximum Gasteiger partial charge on any atom is 0.351 e. The monoisotopic (exact) mass is 678 g/mol. The van der Waals surface area contributed by atoms with Crippen LogP contribution in [-0.2, 0) is 61.9 Å². The van der Waals surface area contributed by atoms with Gasteiger partial charge < -0.3 is 23.7 Å². The number of hydrogen-bond donors (Lipinski definition) is 0. The van der Waals surface area contributed by atoms with Gasteiger partial charge in [-0.1, -0.05) is 49.2 Å². The molecule has 0 N–H and O–H groups in total. The van der Waals surface area contributed by atoms with Crippen molar-refractivity contribution in [3.63, 3.8) is 0 Å². The Morgan fingerprint density at radius 1 is 0.717 bits per heavy atom. The van der Waals surface area contributed by atoms with Gasteiger partial charge in [-0.15, -0.1) is 0 Å². The van der Waals surface area contributed by atoms with Crippen LogP contribution in [0.3, 0.4) is 0 Å². The van der Waals surface area contributed by atoms with E-state index in [1.54, 1.807) is 58.9 Å². The van der Waals surface area contributed by atoms with Crippen molar-refractivity contribution in [3.8, 4) is 0 Å². The van der Waals surface area contributed by atoms with Gasteiger partial charge in [0.15, 0.2) is 6.10 Å². The second-order valence-corrected chi connectivity index (χ2v) is 16.4. The second-order valence-electron chi connectivity index (χ2n) is 13.3. The molecule has 2 aromatic carbocycles. The van der Waals surface area contributed by atoms with E-state index in [2.05, 4.69) is 0 Å². The summed E-state index contributed by atoms with van der Waals surface area (Å²) in [6.45, 7) is 7.49. The van der Waals surface area contributed by atoms with Gasteiger partial charge >= 0.3 is 11.9 Å². The molecule has 15 heteroatoms. The number of esters is 2. The summed E-state index contributed by atoms with van der Waals surface area (Å²) in [5, 5.41) is 0. The van der Waals surface area contributed by atoms with Gasteiger partial charge in [0.1, 0.15) is 30.5 Å². The molecule has 2 aromatic rings. The Balaban J connectivity index is 1.25. The van der Waals surface area contributed by atoms with Crippen LogP contribution in [0.4, 0.5) is 0 Å². The van der Waals surface area contributed by atoms with Crippen LogP contribution < -0.4 is 0 Å². The molecule has 2 aliphatic carbocycles. The van der Waals surface area contributed by atoms with Crippen LogP contribution in [0.5, 0.6) is 0 Å². The van der Waals surface area contributed by atoms with Crippen LogP contribution in [0.15, 0.2) is 58.3 Å². The van der Waals surface area contributed by atoms with E-state index in [1.165, 1.54) is 24.3 Å². The minimum absolute atomic E-state index is 0.162. The summed E-state index contributed by atoms with van der Waals surface area (Å²) in [6, 6.07) is 11.8. The van der Waals surface area contributed by atoms with Crippen molar-refractivity contribution >= 4 is 32.2 Å². The zero-order valence-electron chi connectivity index (χ0n) is 25.7. The van der Waals surface area contributed by atoms with Gasteiger partial charge in [0, 0.05) is 5.41 Å². The first-order valence-electron chi connectivity index (χ1n) is 14.9. The van der Waals surface area contributed by atoms with Gasteiger partial charge in [0.2, 0.25) is 5.60 Å². The van der Waals surface area contributed by atoms with Crippen molar-refractivity contribution in [1.29, 1.82) is 0 Å². The molecular weight excluding hydrogens is 644 g/mol. The zero-order valence-corrected chi connectivity index (χ0v) is 27.3. The summed E-state index contributed by atoms with van der Waals surface area (Å²) in [6.07, 6.45) is -7.78. The average Bonchev–Trinajstić information content (AvgIpc) is 3.28. The Bertz CT molecular complexity index is 1710. The summed E-state index contributed by atoms with van der Waals surface area (Å²) in [5.74, 6) is -1.42. The van der Waals surface area contributed by atoms with Crippen molar-refractivity contribution in [2.75, 3.05) is 0 Å². The maximum absolute atomic E-state index is 14.1. The zero-order chi connectivity index (χ0) is 33.0. The van der Waals surface area contributed by atoms with E-state index in [4.69, 9.17) is 32.1 Å². The molecule has 0 spiro atoms. The number of benzene rings is 2. The summed E-state index contributed by atoms with van der Waals surface area (Å²) in [5.41, 5.74) is -1.90. The molecular formula is C31H34O13S2. The molecule has 0 amide bonds. The smallest absolute Gasteiger partial charge is 0.351 e. The van der Waals surface area contributed by atoms with Gasteiger partial charge in [-0.2, -0.15) is 16.8 Å². The summed E-state index contributed by atoms with van der Waals surface area (Å²) in [7, 11) is -8.95.